The number of pyridine rings is 1. The molecule has 76 valence electrons. The van der Waals surface area contributed by atoms with Gasteiger partial charge in [0.2, 0.25) is 0 Å². The van der Waals surface area contributed by atoms with E-state index in [2.05, 4.69) is 15.0 Å². The maximum absolute atomic E-state index is 4.49. The van der Waals surface area contributed by atoms with E-state index >= 15 is 0 Å². The van der Waals surface area contributed by atoms with Crippen molar-refractivity contribution in [2.45, 2.75) is 0 Å². The van der Waals surface area contributed by atoms with Crippen molar-refractivity contribution < 1.29 is 0 Å². The highest BCUT2D eigenvalue weighted by Crippen LogP contribution is 2.18. The molecule has 0 atom stereocenters. The lowest BCUT2D eigenvalue weighted by molar-refractivity contribution is 1.18. The van der Waals surface area contributed by atoms with Gasteiger partial charge in [0.15, 0.2) is 5.65 Å². The molecule has 0 fully saturated rings. The first-order valence-electron chi connectivity index (χ1n) is 5.06. The van der Waals surface area contributed by atoms with Crippen LogP contribution in [0.15, 0.2) is 55.0 Å². The SMILES string of the molecule is c1ccc(-c2ccc3cncnc3n2)cc1. The van der Waals surface area contributed by atoms with E-state index in [-0.39, 0.29) is 0 Å². The van der Waals surface area contributed by atoms with Gasteiger partial charge in [0.05, 0.1) is 5.69 Å². The van der Waals surface area contributed by atoms with Gasteiger partial charge >= 0.3 is 0 Å². The van der Waals surface area contributed by atoms with Gasteiger partial charge in [0.1, 0.15) is 6.33 Å². The Bertz CT molecular complexity index is 620. The molecule has 3 aromatic rings. The van der Waals surface area contributed by atoms with Crippen LogP contribution < -0.4 is 0 Å². The summed E-state index contributed by atoms with van der Waals surface area (Å²) in [6.07, 6.45) is 3.29. The Hall–Kier alpha value is -2.29. The third-order valence-electron chi connectivity index (χ3n) is 2.44. The van der Waals surface area contributed by atoms with Crippen LogP contribution in [-0.4, -0.2) is 15.0 Å². The minimum Gasteiger partial charge on any atom is -0.244 e. The Morgan fingerprint density at radius 2 is 1.75 bits per heavy atom. The van der Waals surface area contributed by atoms with Crippen LogP contribution in [0.2, 0.25) is 0 Å². The molecule has 0 saturated carbocycles. The predicted molar refractivity (Wildman–Crippen MR) is 62.8 cm³/mol. The van der Waals surface area contributed by atoms with Gasteiger partial charge in [0, 0.05) is 17.1 Å². The average Bonchev–Trinajstić information content (AvgIpc) is 2.39. The van der Waals surface area contributed by atoms with Gasteiger partial charge in [-0.15, -0.1) is 0 Å². The van der Waals surface area contributed by atoms with Gasteiger partial charge in [-0.05, 0) is 12.1 Å². The van der Waals surface area contributed by atoms with Crippen LogP contribution >= 0.6 is 0 Å². The molecular formula is C13H9N3. The smallest absolute Gasteiger partial charge is 0.163 e. The molecule has 0 aliphatic rings. The van der Waals surface area contributed by atoms with Gasteiger partial charge in [0.25, 0.3) is 0 Å². The molecule has 0 radical (unpaired) electrons. The highest BCUT2D eigenvalue weighted by molar-refractivity contribution is 5.77. The third kappa shape index (κ3) is 1.52. The van der Waals surface area contributed by atoms with Crippen molar-refractivity contribution in [1.29, 1.82) is 0 Å². The molecule has 0 saturated heterocycles. The van der Waals surface area contributed by atoms with Crippen molar-refractivity contribution in [3.8, 4) is 11.3 Å². The van der Waals surface area contributed by atoms with E-state index < -0.39 is 0 Å². The Labute approximate surface area is 92.8 Å². The minimum absolute atomic E-state index is 0.733. The average molecular weight is 207 g/mol. The molecule has 0 spiro atoms. The minimum atomic E-state index is 0.733. The van der Waals surface area contributed by atoms with Crippen LogP contribution in [0.25, 0.3) is 22.3 Å². The predicted octanol–water partition coefficient (Wildman–Crippen LogP) is 2.69. The van der Waals surface area contributed by atoms with Crippen LogP contribution in [-0.2, 0) is 0 Å². The third-order valence-corrected chi connectivity index (χ3v) is 2.44. The molecule has 2 aromatic heterocycles. The van der Waals surface area contributed by atoms with Crippen LogP contribution in [0.3, 0.4) is 0 Å². The highest BCUT2D eigenvalue weighted by Gasteiger charge is 2.00. The van der Waals surface area contributed by atoms with Gasteiger partial charge < -0.3 is 0 Å². The van der Waals surface area contributed by atoms with Gasteiger partial charge in [-0.2, -0.15) is 0 Å². The Morgan fingerprint density at radius 1 is 0.875 bits per heavy atom. The summed E-state index contributed by atoms with van der Waals surface area (Å²) in [7, 11) is 0. The molecule has 3 heteroatoms. The van der Waals surface area contributed by atoms with E-state index in [0.29, 0.717) is 0 Å². The van der Waals surface area contributed by atoms with E-state index in [0.717, 1.165) is 22.3 Å². The summed E-state index contributed by atoms with van der Waals surface area (Å²) in [6.45, 7) is 0. The topological polar surface area (TPSA) is 38.7 Å². The largest absolute Gasteiger partial charge is 0.244 e. The Kier molecular flexibility index (Phi) is 2.07. The molecule has 0 unspecified atom stereocenters. The molecule has 0 aliphatic carbocycles. The summed E-state index contributed by atoms with van der Waals surface area (Å²) in [5.41, 5.74) is 2.77. The number of rotatable bonds is 1. The van der Waals surface area contributed by atoms with Crippen molar-refractivity contribution >= 4 is 11.0 Å². The first-order valence-corrected chi connectivity index (χ1v) is 5.06. The van der Waals surface area contributed by atoms with Crippen molar-refractivity contribution in [2.75, 3.05) is 0 Å². The van der Waals surface area contributed by atoms with Crippen LogP contribution in [0.4, 0.5) is 0 Å². The second kappa shape index (κ2) is 3.70. The molecule has 2 heterocycles. The second-order valence-electron chi connectivity index (χ2n) is 3.50. The van der Waals surface area contributed by atoms with E-state index in [1.807, 2.05) is 42.5 Å². The number of hydrogen-bond donors (Lipinski definition) is 0. The molecule has 16 heavy (non-hydrogen) atoms. The second-order valence-corrected chi connectivity index (χ2v) is 3.50. The molecule has 0 N–H and O–H groups in total. The molecular weight excluding hydrogens is 198 g/mol. The van der Waals surface area contributed by atoms with E-state index in [4.69, 9.17) is 0 Å². The van der Waals surface area contributed by atoms with Gasteiger partial charge in [-0.25, -0.2) is 15.0 Å². The van der Waals surface area contributed by atoms with Crippen LogP contribution in [0, 0.1) is 0 Å². The molecule has 0 aliphatic heterocycles. The zero-order chi connectivity index (χ0) is 10.8. The summed E-state index contributed by atoms with van der Waals surface area (Å²) in [5.74, 6) is 0. The fourth-order valence-corrected chi connectivity index (χ4v) is 1.63. The maximum Gasteiger partial charge on any atom is 0.163 e. The summed E-state index contributed by atoms with van der Waals surface area (Å²) in [6, 6.07) is 14.0. The lowest BCUT2D eigenvalue weighted by atomic mass is 10.1. The standard InChI is InChI=1S/C13H9N3/c1-2-4-10(5-3-1)12-7-6-11-8-14-9-15-13(11)16-12/h1-9H. The molecule has 1 aromatic carbocycles. The monoisotopic (exact) mass is 207 g/mol. The van der Waals surface area contributed by atoms with Crippen molar-refractivity contribution in [3.63, 3.8) is 0 Å². The fourth-order valence-electron chi connectivity index (χ4n) is 1.63. The summed E-state index contributed by atoms with van der Waals surface area (Å²) < 4.78 is 0. The zero-order valence-corrected chi connectivity index (χ0v) is 8.54. The van der Waals surface area contributed by atoms with Gasteiger partial charge in [-0.1, -0.05) is 30.3 Å². The molecule has 3 nitrogen and oxygen atoms in total. The van der Waals surface area contributed by atoms with Crippen molar-refractivity contribution in [2.24, 2.45) is 0 Å². The first kappa shape index (κ1) is 8.97. The fraction of sp³-hybridized carbons (Fsp3) is 0. The number of fused-ring (bicyclic) bond motifs is 1. The molecule has 0 amide bonds. The Morgan fingerprint density at radius 3 is 2.62 bits per heavy atom. The number of hydrogen-bond acceptors (Lipinski definition) is 3. The first-order chi connectivity index (χ1) is 7.93. The van der Waals surface area contributed by atoms with E-state index in [9.17, 15) is 0 Å². The summed E-state index contributed by atoms with van der Waals surface area (Å²) in [5, 5.41) is 0.960. The zero-order valence-electron chi connectivity index (χ0n) is 8.54. The Balaban J connectivity index is 2.19. The summed E-state index contributed by atoms with van der Waals surface area (Å²) >= 11 is 0. The van der Waals surface area contributed by atoms with Crippen molar-refractivity contribution in [3.05, 3.63) is 55.0 Å². The normalized spacial score (nSPS) is 10.5. The van der Waals surface area contributed by atoms with E-state index in [1.165, 1.54) is 6.33 Å². The number of aromatic nitrogens is 3. The van der Waals surface area contributed by atoms with E-state index in [1.54, 1.807) is 6.20 Å². The lowest BCUT2D eigenvalue weighted by Gasteiger charge is -2.01. The number of nitrogens with zero attached hydrogens (tertiary/aromatic N) is 3. The summed E-state index contributed by atoms with van der Waals surface area (Å²) in [4.78, 5) is 12.6. The maximum atomic E-state index is 4.49. The molecule has 0 bridgehead atoms. The quantitative estimate of drug-likeness (QED) is 0.615. The van der Waals surface area contributed by atoms with Crippen LogP contribution in [0.5, 0.6) is 0 Å². The molecule has 3 rings (SSSR count). The number of benzene rings is 1. The highest BCUT2D eigenvalue weighted by atomic mass is 14.9. The van der Waals surface area contributed by atoms with Crippen molar-refractivity contribution in [1.82, 2.24) is 15.0 Å². The lowest BCUT2D eigenvalue weighted by Crippen LogP contribution is -1.88. The van der Waals surface area contributed by atoms with Crippen LogP contribution in [0.1, 0.15) is 0 Å². The van der Waals surface area contributed by atoms with Gasteiger partial charge in [-0.3, -0.25) is 0 Å².